The number of amides is 1. The average molecular weight is 268 g/mol. The van der Waals surface area contributed by atoms with Gasteiger partial charge >= 0.3 is 0 Å². The van der Waals surface area contributed by atoms with Crippen LogP contribution in [0, 0.1) is 0 Å². The third kappa shape index (κ3) is 4.75. The van der Waals surface area contributed by atoms with E-state index in [1.54, 1.807) is 0 Å². The van der Waals surface area contributed by atoms with Crippen LogP contribution in [-0.4, -0.2) is 67.6 Å². The van der Waals surface area contributed by atoms with Gasteiger partial charge in [0.2, 0.25) is 5.91 Å². The third-order valence-corrected chi connectivity index (χ3v) is 4.43. The van der Waals surface area contributed by atoms with Crippen LogP contribution in [0.15, 0.2) is 0 Å². The molecule has 1 aliphatic carbocycles. The van der Waals surface area contributed by atoms with Crippen LogP contribution >= 0.6 is 0 Å². The second-order valence-corrected chi connectivity index (χ2v) is 6.24. The SMILES string of the molecule is CN1CCN(CCCNC(=O)CC2(N)CCC2)CC1. The minimum atomic E-state index is -0.193. The lowest BCUT2D eigenvalue weighted by Crippen LogP contribution is -2.50. The lowest BCUT2D eigenvalue weighted by Gasteiger charge is -2.37. The van der Waals surface area contributed by atoms with Gasteiger partial charge in [-0.1, -0.05) is 0 Å². The molecule has 5 heteroatoms. The number of hydrogen-bond donors (Lipinski definition) is 2. The van der Waals surface area contributed by atoms with Crippen molar-refractivity contribution in [1.82, 2.24) is 15.1 Å². The molecule has 0 aromatic rings. The van der Waals surface area contributed by atoms with Crippen LogP contribution in [0.25, 0.3) is 0 Å². The number of carbonyl (C=O) groups excluding carboxylic acids is 1. The van der Waals surface area contributed by atoms with Crippen molar-refractivity contribution in [2.24, 2.45) is 5.73 Å². The second kappa shape index (κ2) is 6.68. The van der Waals surface area contributed by atoms with E-state index in [1.165, 1.54) is 6.42 Å². The summed E-state index contributed by atoms with van der Waals surface area (Å²) < 4.78 is 0. The van der Waals surface area contributed by atoms with E-state index in [9.17, 15) is 4.79 Å². The molecule has 2 aliphatic rings. The summed E-state index contributed by atoms with van der Waals surface area (Å²) in [5.41, 5.74) is 5.87. The normalized spacial score (nSPS) is 23.9. The van der Waals surface area contributed by atoms with E-state index in [0.29, 0.717) is 6.42 Å². The van der Waals surface area contributed by atoms with Gasteiger partial charge in [0, 0.05) is 44.7 Å². The number of nitrogens with two attached hydrogens (primary N) is 1. The van der Waals surface area contributed by atoms with Gasteiger partial charge < -0.3 is 20.9 Å². The lowest BCUT2D eigenvalue weighted by molar-refractivity contribution is -0.123. The maximum Gasteiger partial charge on any atom is 0.221 e. The molecule has 0 unspecified atom stereocenters. The van der Waals surface area contributed by atoms with E-state index < -0.39 is 0 Å². The van der Waals surface area contributed by atoms with Gasteiger partial charge in [-0.15, -0.1) is 0 Å². The number of rotatable bonds is 6. The predicted molar refractivity (Wildman–Crippen MR) is 77.0 cm³/mol. The highest BCUT2D eigenvalue weighted by atomic mass is 16.1. The molecule has 0 aromatic carbocycles. The summed E-state index contributed by atoms with van der Waals surface area (Å²) >= 11 is 0. The molecule has 0 atom stereocenters. The maximum atomic E-state index is 11.7. The Morgan fingerprint density at radius 3 is 2.53 bits per heavy atom. The van der Waals surface area contributed by atoms with Gasteiger partial charge in [-0.05, 0) is 39.3 Å². The van der Waals surface area contributed by atoms with Crippen molar-refractivity contribution in [3.8, 4) is 0 Å². The number of piperazine rings is 1. The average Bonchev–Trinajstić information content (AvgIpc) is 2.35. The Labute approximate surface area is 116 Å². The first-order chi connectivity index (χ1) is 9.07. The largest absolute Gasteiger partial charge is 0.356 e. The highest BCUT2D eigenvalue weighted by Gasteiger charge is 2.34. The Balaban J connectivity index is 1.50. The molecule has 19 heavy (non-hydrogen) atoms. The number of nitrogens with zero attached hydrogens (tertiary/aromatic N) is 2. The number of carbonyl (C=O) groups is 1. The molecule has 0 bridgehead atoms. The van der Waals surface area contributed by atoms with Gasteiger partial charge in [0.05, 0.1) is 0 Å². The fourth-order valence-electron chi connectivity index (χ4n) is 2.79. The van der Waals surface area contributed by atoms with E-state index in [1.807, 2.05) is 0 Å². The molecule has 0 spiro atoms. The van der Waals surface area contributed by atoms with Crippen LogP contribution in [0.1, 0.15) is 32.1 Å². The molecular weight excluding hydrogens is 240 g/mol. The molecular formula is C14H28N4O. The molecule has 1 saturated heterocycles. The minimum absolute atomic E-state index is 0.126. The summed E-state index contributed by atoms with van der Waals surface area (Å²) in [6.45, 7) is 6.47. The Morgan fingerprint density at radius 2 is 1.95 bits per heavy atom. The summed E-state index contributed by atoms with van der Waals surface area (Å²) in [6.07, 6.45) is 4.71. The van der Waals surface area contributed by atoms with Crippen LogP contribution in [0.4, 0.5) is 0 Å². The van der Waals surface area contributed by atoms with E-state index in [4.69, 9.17) is 5.73 Å². The van der Waals surface area contributed by atoms with Crippen molar-refractivity contribution in [3.05, 3.63) is 0 Å². The third-order valence-electron chi connectivity index (χ3n) is 4.43. The first-order valence-electron chi connectivity index (χ1n) is 7.54. The van der Waals surface area contributed by atoms with Crippen molar-refractivity contribution in [2.75, 3.05) is 46.3 Å². The van der Waals surface area contributed by atoms with Crippen LogP contribution in [0.3, 0.4) is 0 Å². The zero-order valence-electron chi connectivity index (χ0n) is 12.2. The molecule has 1 saturated carbocycles. The molecule has 2 rings (SSSR count). The topological polar surface area (TPSA) is 61.6 Å². The van der Waals surface area contributed by atoms with Crippen molar-refractivity contribution in [3.63, 3.8) is 0 Å². The van der Waals surface area contributed by atoms with Gasteiger partial charge in [-0.3, -0.25) is 4.79 Å². The molecule has 3 N–H and O–H groups in total. The first-order valence-corrected chi connectivity index (χ1v) is 7.54. The highest BCUT2D eigenvalue weighted by Crippen LogP contribution is 2.31. The molecule has 1 aliphatic heterocycles. The number of nitrogens with one attached hydrogen (secondary N) is 1. The van der Waals surface area contributed by atoms with Crippen molar-refractivity contribution in [2.45, 2.75) is 37.6 Å². The second-order valence-electron chi connectivity index (χ2n) is 6.24. The molecule has 0 aromatic heterocycles. The lowest BCUT2D eigenvalue weighted by atomic mass is 9.75. The van der Waals surface area contributed by atoms with Gasteiger partial charge in [-0.2, -0.15) is 0 Å². The summed E-state index contributed by atoms with van der Waals surface area (Å²) in [5.74, 6) is 0.126. The van der Waals surface area contributed by atoms with E-state index in [2.05, 4.69) is 22.2 Å². The monoisotopic (exact) mass is 268 g/mol. The fourth-order valence-corrected chi connectivity index (χ4v) is 2.79. The zero-order chi connectivity index (χ0) is 13.7. The summed E-state index contributed by atoms with van der Waals surface area (Å²) in [4.78, 5) is 16.6. The van der Waals surface area contributed by atoms with Crippen molar-refractivity contribution < 1.29 is 4.79 Å². The van der Waals surface area contributed by atoms with Gasteiger partial charge in [0.15, 0.2) is 0 Å². The molecule has 1 heterocycles. The highest BCUT2D eigenvalue weighted by molar-refractivity contribution is 5.77. The Morgan fingerprint density at radius 1 is 1.26 bits per heavy atom. The molecule has 2 fully saturated rings. The quantitative estimate of drug-likeness (QED) is 0.666. The van der Waals surface area contributed by atoms with E-state index in [0.717, 1.165) is 58.5 Å². The number of hydrogen-bond acceptors (Lipinski definition) is 4. The van der Waals surface area contributed by atoms with Crippen LogP contribution in [0.2, 0.25) is 0 Å². The van der Waals surface area contributed by atoms with Crippen molar-refractivity contribution >= 4 is 5.91 Å². The smallest absolute Gasteiger partial charge is 0.221 e. The maximum absolute atomic E-state index is 11.7. The van der Waals surface area contributed by atoms with Gasteiger partial charge in [-0.25, -0.2) is 0 Å². The molecule has 5 nitrogen and oxygen atoms in total. The summed E-state index contributed by atoms with van der Waals surface area (Å²) in [5, 5.41) is 3.00. The standard InChI is InChI=1S/C14H28N4O/c1-17-8-10-18(11-9-17)7-3-6-16-13(19)12-14(15)4-2-5-14/h2-12,15H2,1H3,(H,16,19). The zero-order valence-corrected chi connectivity index (χ0v) is 12.2. The van der Waals surface area contributed by atoms with Gasteiger partial charge in [0.1, 0.15) is 0 Å². The Hall–Kier alpha value is -0.650. The summed E-state index contributed by atoms with van der Waals surface area (Å²) in [6, 6.07) is 0. The van der Waals surface area contributed by atoms with Gasteiger partial charge in [0.25, 0.3) is 0 Å². The van der Waals surface area contributed by atoms with Crippen LogP contribution in [0.5, 0.6) is 0 Å². The fraction of sp³-hybridized carbons (Fsp3) is 0.929. The Kier molecular flexibility index (Phi) is 5.19. The van der Waals surface area contributed by atoms with Crippen LogP contribution < -0.4 is 11.1 Å². The molecule has 0 radical (unpaired) electrons. The first kappa shape index (κ1) is 14.8. The molecule has 1 amide bonds. The molecule has 110 valence electrons. The summed E-state index contributed by atoms with van der Waals surface area (Å²) in [7, 11) is 2.17. The minimum Gasteiger partial charge on any atom is -0.356 e. The number of likely N-dealkylation sites (N-methyl/N-ethyl adjacent to an activating group) is 1. The van der Waals surface area contributed by atoms with E-state index in [-0.39, 0.29) is 11.4 Å². The Bertz CT molecular complexity index is 296. The van der Waals surface area contributed by atoms with E-state index >= 15 is 0 Å². The predicted octanol–water partition coefficient (Wildman–Crippen LogP) is 0.0116. The van der Waals surface area contributed by atoms with Crippen molar-refractivity contribution in [1.29, 1.82) is 0 Å². The van der Waals surface area contributed by atoms with Crippen LogP contribution in [-0.2, 0) is 4.79 Å².